The lowest BCUT2D eigenvalue weighted by Gasteiger charge is -2.19. The maximum atomic E-state index is 12.6. The fraction of sp³-hybridized carbons (Fsp3) is 0.562. The molecule has 1 unspecified atom stereocenters. The maximum absolute atomic E-state index is 12.6. The third-order valence-electron chi connectivity index (χ3n) is 3.86. The zero-order chi connectivity index (χ0) is 17.6. The average Bonchev–Trinajstić information content (AvgIpc) is 2.53. The first kappa shape index (κ1) is 22.9. The Hall–Kier alpha value is -1.15. The topological polar surface area (TPSA) is 78.5 Å². The molecule has 1 aromatic rings. The molecule has 0 aromatic heterocycles. The molecule has 6 nitrogen and oxygen atoms in total. The molecule has 0 bridgehead atoms. The van der Waals surface area contributed by atoms with Crippen LogP contribution in [0.15, 0.2) is 23.1 Å². The first-order valence-electron chi connectivity index (χ1n) is 7.84. The van der Waals surface area contributed by atoms with Gasteiger partial charge in [0.15, 0.2) is 0 Å². The zero-order valence-corrected chi connectivity index (χ0v) is 16.6. The highest BCUT2D eigenvalue weighted by atomic mass is 35.5. The molecule has 0 radical (unpaired) electrons. The number of aryl methyl sites for hydroxylation is 1. The van der Waals surface area contributed by atoms with Crippen molar-refractivity contribution in [2.75, 3.05) is 26.7 Å². The van der Waals surface area contributed by atoms with Gasteiger partial charge in [-0.15, -0.1) is 12.4 Å². The molecule has 2 N–H and O–H groups in total. The molecular weight excluding hydrogens is 350 g/mol. The number of benzene rings is 1. The number of amides is 1. The Kier molecular flexibility index (Phi) is 9.50. The van der Waals surface area contributed by atoms with Crippen LogP contribution < -0.4 is 10.6 Å². The SMILES string of the molecule is CCN(CC)S(=O)(=O)c1ccc(C)c(C(=O)NCC(C)NC)c1.Cl. The number of carbonyl (C=O) groups excluding carboxylic acids is 1. The van der Waals surface area contributed by atoms with Gasteiger partial charge in [0, 0.05) is 31.2 Å². The highest BCUT2D eigenvalue weighted by molar-refractivity contribution is 7.89. The van der Waals surface area contributed by atoms with Gasteiger partial charge in [0.2, 0.25) is 10.0 Å². The Morgan fingerprint density at radius 3 is 2.33 bits per heavy atom. The summed E-state index contributed by atoms with van der Waals surface area (Å²) >= 11 is 0. The maximum Gasteiger partial charge on any atom is 0.251 e. The Labute approximate surface area is 151 Å². The number of sulfonamides is 1. The molecule has 0 aliphatic rings. The Morgan fingerprint density at radius 2 is 1.83 bits per heavy atom. The quantitative estimate of drug-likeness (QED) is 0.723. The van der Waals surface area contributed by atoms with Crippen molar-refractivity contribution in [3.63, 3.8) is 0 Å². The number of rotatable bonds is 8. The average molecular weight is 378 g/mol. The zero-order valence-electron chi connectivity index (χ0n) is 14.9. The van der Waals surface area contributed by atoms with Gasteiger partial charge in [-0.2, -0.15) is 4.31 Å². The second-order valence-corrected chi connectivity index (χ2v) is 7.40. The van der Waals surface area contributed by atoms with Crippen LogP contribution in [0, 0.1) is 6.92 Å². The Balaban J connectivity index is 0.00000529. The first-order chi connectivity index (χ1) is 10.8. The highest BCUT2D eigenvalue weighted by Gasteiger charge is 2.23. The van der Waals surface area contributed by atoms with Crippen molar-refractivity contribution in [3.8, 4) is 0 Å². The Bertz CT molecular complexity index is 646. The predicted molar refractivity (Wildman–Crippen MR) is 99.4 cm³/mol. The summed E-state index contributed by atoms with van der Waals surface area (Å²) < 4.78 is 26.5. The normalized spacial score (nSPS) is 12.6. The second-order valence-electron chi connectivity index (χ2n) is 5.47. The lowest BCUT2D eigenvalue weighted by atomic mass is 10.1. The van der Waals surface area contributed by atoms with Crippen LogP contribution in [0.5, 0.6) is 0 Å². The van der Waals surface area contributed by atoms with Crippen molar-refractivity contribution in [3.05, 3.63) is 29.3 Å². The molecule has 0 saturated heterocycles. The van der Waals surface area contributed by atoms with Gasteiger partial charge < -0.3 is 10.6 Å². The molecule has 1 atom stereocenters. The number of hydrogen-bond acceptors (Lipinski definition) is 4. The third kappa shape index (κ3) is 5.44. The summed E-state index contributed by atoms with van der Waals surface area (Å²) in [6, 6.07) is 4.83. The minimum absolute atomic E-state index is 0. The number of halogens is 1. The monoisotopic (exact) mass is 377 g/mol. The van der Waals surface area contributed by atoms with E-state index in [2.05, 4.69) is 10.6 Å². The van der Waals surface area contributed by atoms with Gasteiger partial charge >= 0.3 is 0 Å². The van der Waals surface area contributed by atoms with E-state index in [9.17, 15) is 13.2 Å². The molecule has 1 rings (SSSR count). The van der Waals surface area contributed by atoms with E-state index in [1.807, 2.05) is 14.0 Å². The molecule has 0 spiro atoms. The van der Waals surface area contributed by atoms with Crippen molar-refractivity contribution in [1.82, 2.24) is 14.9 Å². The van der Waals surface area contributed by atoms with Crippen LogP contribution in [0.2, 0.25) is 0 Å². The van der Waals surface area contributed by atoms with E-state index in [4.69, 9.17) is 0 Å². The van der Waals surface area contributed by atoms with E-state index in [-0.39, 0.29) is 29.3 Å². The predicted octanol–water partition coefficient (Wildman–Crippen LogP) is 1.79. The van der Waals surface area contributed by atoms with Crippen molar-refractivity contribution in [2.45, 2.75) is 38.6 Å². The van der Waals surface area contributed by atoms with Gasteiger partial charge in [-0.25, -0.2) is 8.42 Å². The molecule has 8 heteroatoms. The molecule has 1 amide bonds. The van der Waals surface area contributed by atoms with Crippen LogP contribution in [0.1, 0.15) is 36.7 Å². The summed E-state index contributed by atoms with van der Waals surface area (Å²) in [5.74, 6) is -0.263. The lowest BCUT2D eigenvalue weighted by molar-refractivity contribution is 0.0949. The van der Waals surface area contributed by atoms with Crippen LogP contribution in [0.25, 0.3) is 0 Å². The number of likely N-dealkylation sites (N-methyl/N-ethyl adjacent to an activating group) is 1. The molecule has 24 heavy (non-hydrogen) atoms. The number of nitrogens with one attached hydrogen (secondary N) is 2. The van der Waals surface area contributed by atoms with E-state index in [0.29, 0.717) is 25.2 Å². The van der Waals surface area contributed by atoms with E-state index >= 15 is 0 Å². The summed E-state index contributed by atoms with van der Waals surface area (Å²) in [6.45, 7) is 8.60. The second kappa shape index (κ2) is 9.98. The summed E-state index contributed by atoms with van der Waals surface area (Å²) in [5, 5.41) is 5.85. The molecule has 0 heterocycles. The minimum Gasteiger partial charge on any atom is -0.350 e. The smallest absolute Gasteiger partial charge is 0.251 e. The molecule has 1 aromatic carbocycles. The van der Waals surface area contributed by atoms with Gasteiger partial charge in [0.25, 0.3) is 5.91 Å². The third-order valence-corrected chi connectivity index (χ3v) is 5.90. The van der Waals surface area contributed by atoms with Gasteiger partial charge in [-0.1, -0.05) is 19.9 Å². The summed E-state index contributed by atoms with van der Waals surface area (Å²) in [6.07, 6.45) is 0. The van der Waals surface area contributed by atoms with E-state index in [0.717, 1.165) is 5.56 Å². The van der Waals surface area contributed by atoms with E-state index in [1.165, 1.54) is 10.4 Å². The standard InChI is InChI=1S/C16H27N3O3S.ClH/c1-6-19(7-2)23(21,22)14-9-8-12(3)15(10-14)16(20)18-11-13(4)17-5;/h8-10,13,17H,6-7,11H2,1-5H3,(H,18,20);1H. The van der Waals surface area contributed by atoms with E-state index in [1.54, 1.807) is 32.9 Å². The van der Waals surface area contributed by atoms with Crippen LogP contribution >= 0.6 is 12.4 Å². The Morgan fingerprint density at radius 1 is 1.25 bits per heavy atom. The fourth-order valence-electron chi connectivity index (χ4n) is 2.16. The molecule has 0 aliphatic heterocycles. The van der Waals surface area contributed by atoms with Crippen LogP contribution in [0.4, 0.5) is 0 Å². The van der Waals surface area contributed by atoms with Crippen molar-refractivity contribution in [1.29, 1.82) is 0 Å². The molecule has 138 valence electrons. The van der Waals surface area contributed by atoms with Crippen LogP contribution in [-0.4, -0.2) is 51.4 Å². The first-order valence-corrected chi connectivity index (χ1v) is 9.28. The minimum atomic E-state index is -3.57. The fourth-order valence-corrected chi connectivity index (χ4v) is 3.65. The number of carbonyl (C=O) groups is 1. The van der Waals surface area contributed by atoms with E-state index < -0.39 is 10.0 Å². The molecular formula is C16H28ClN3O3S. The van der Waals surface area contributed by atoms with Crippen molar-refractivity contribution >= 4 is 28.3 Å². The highest BCUT2D eigenvalue weighted by Crippen LogP contribution is 2.19. The van der Waals surface area contributed by atoms with Crippen molar-refractivity contribution < 1.29 is 13.2 Å². The van der Waals surface area contributed by atoms with Crippen molar-refractivity contribution in [2.24, 2.45) is 0 Å². The van der Waals surface area contributed by atoms with Gasteiger partial charge in [-0.05, 0) is 38.6 Å². The summed E-state index contributed by atoms with van der Waals surface area (Å²) in [4.78, 5) is 12.5. The largest absolute Gasteiger partial charge is 0.350 e. The number of nitrogens with zero attached hydrogens (tertiary/aromatic N) is 1. The van der Waals surface area contributed by atoms with Gasteiger partial charge in [0.05, 0.1) is 4.90 Å². The number of hydrogen-bond donors (Lipinski definition) is 2. The molecule has 0 aliphatic carbocycles. The van der Waals surface area contributed by atoms with Crippen LogP contribution in [0.3, 0.4) is 0 Å². The molecule has 0 fully saturated rings. The van der Waals surface area contributed by atoms with Crippen LogP contribution in [-0.2, 0) is 10.0 Å². The lowest BCUT2D eigenvalue weighted by Crippen LogP contribution is -2.37. The molecule has 0 saturated carbocycles. The van der Waals surface area contributed by atoms with Gasteiger partial charge in [-0.3, -0.25) is 4.79 Å². The van der Waals surface area contributed by atoms with Gasteiger partial charge in [0.1, 0.15) is 0 Å². The summed E-state index contributed by atoms with van der Waals surface area (Å²) in [7, 11) is -1.75. The summed E-state index contributed by atoms with van der Waals surface area (Å²) in [5.41, 5.74) is 1.14.